The third-order valence-corrected chi connectivity index (χ3v) is 5.58. The molecule has 1 aliphatic heterocycles. The van der Waals surface area contributed by atoms with Crippen LogP contribution in [-0.2, 0) is 27.8 Å². The lowest BCUT2D eigenvalue weighted by Gasteiger charge is -2.25. The Morgan fingerprint density at radius 3 is 2.82 bits per heavy atom. The van der Waals surface area contributed by atoms with Gasteiger partial charge in [0.2, 0.25) is 15.9 Å². The van der Waals surface area contributed by atoms with E-state index in [0.29, 0.717) is 30.6 Å². The topological polar surface area (TPSA) is 79.4 Å². The Morgan fingerprint density at radius 1 is 1.45 bits per heavy atom. The smallest absolute Gasteiger partial charge is 0.246 e. The molecule has 1 amide bonds. The fourth-order valence-electron chi connectivity index (χ4n) is 2.53. The minimum absolute atomic E-state index is 0.0427. The number of hydrogen-bond acceptors (Lipinski definition) is 5. The van der Waals surface area contributed by atoms with E-state index in [1.54, 1.807) is 11.0 Å². The molecule has 0 radical (unpaired) electrons. The molecule has 6 nitrogen and oxygen atoms in total. The van der Waals surface area contributed by atoms with Gasteiger partial charge in [0, 0.05) is 23.9 Å². The van der Waals surface area contributed by atoms with Crippen LogP contribution in [0.3, 0.4) is 0 Å². The summed E-state index contributed by atoms with van der Waals surface area (Å²) in [4.78, 5) is 19.4. The van der Waals surface area contributed by atoms with Crippen molar-refractivity contribution in [1.29, 1.82) is 0 Å². The fraction of sp³-hybridized carbons (Fsp3) is 0.571. The predicted molar refractivity (Wildman–Crippen MR) is 86.2 cm³/mol. The van der Waals surface area contributed by atoms with Crippen LogP contribution in [0.15, 0.2) is 11.6 Å². The Bertz CT molecular complexity index is 733. The number of fused-ring (bicyclic) bond motifs is 1. The summed E-state index contributed by atoms with van der Waals surface area (Å²) in [5.41, 5.74) is 2.06. The Kier molecular flexibility index (Phi) is 3.98. The van der Waals surface area contributed by atoms with Crippen molar-refractivity contribution in [3.05, 3.63) is 22.2 Å². The number of amides is 1. The quantitative estimate of drug-likeness (QED) is 0.846. The van der Waals surface area contributed by atoms with Gasteiger partial charge in [-0.25, -0.2) is 13.4 Å². The molecule has 1 aromatic rings. The summed E-state index contributed by atoms with van der Waals surface area (Å²) in [5, 5.41) is 0.381. The van der Waals surface area contributed by atoms with Crippen LogP contribution in [0, 0.1) is 5.92 Å². The number of carbonyl (C=O) groups excluding carboxylic acids is 1. The summed E-state index contributed by atoms with van der Waals surface area (Å²) >= 11 is 1.30. The maximum atomic E-state index is 12.3. The largest absolute Gasteiger partial charge is 0.334 e. The number of sulfonamides is 1. The Hall–Kier alpha value is -1.41. The van der Waals surface area contributed by atoms with E-state index in [9.17, 15) is 13.2 Å². The molecule has 2 aliphatic rings. The highest BCUT2D eigenvalue weighted by atomic mass is 32.2. The molecule has 0 aromatic carbocycles. The number of thiazole rings is 1. The van der Waals surface area contributed by atoms with Gasteiger partial charge in [0.15, 0.2) is 5.13 Å². The number of anilines is 1. The molecule has 120 valence electrons. The number of hydrogen-bond donors (Lipinski definition) is 1. The molecule has 2 heterocycles. The molecule has 1 aromatic heterocycles. The molecule has 1 saturated carbocycles. The zero-order valence-corrected chi connectivity index (χ0v) is 14.3. The van der Waals surface area contributed by atoms with Crippen molar-refractivity contribution < 1.29 is 13.2 Å². The van der Waals surface area contributed by atoms with Crippen molar-refractivity contribution in [2.45, 2.75) is 32.7 Å². The van der Waals surface area contributed by atoms with Crippen LogP contribution < -0.4 is 4.72 Å². The van der Waals surface area contributed by atoms with Gasteiger partial charge in [-0.15, -0.1) is 0 Å². The van der Waals surface area contributed by atoms with Crippen molar-refractivity contribution in [3.8, 4) is 0 Å². The van der Waals surface area contributed by atoms with Gasteiger partial charge in [0.25, 0.3) is 0 Å². The molecule has 0 unspecified atom stereocenters. The van der Waals surface area contributed by atoms with Crippen molar-refractivity contribution >= 4 is 32.4 Å². The molecule has 1 aliphatic carbocycles. The van der Waals surface area contributed by atoms with Crippen molar-refractivity contribution in [1.82, 2.24) is 9.88 Å². The summed E-state index contributed by atoms with van der Waals surface area (Å²) in [6.07, 6.45) is 5.90. The third-order valence-electron chi connectivity index (χ3n) is 3.89. The lowest BCUT2D eigenvalue weighted by atomic mass is 10.1. The van der Waals surface area contributed by atoms with E-state index >= 15 is 0 Å². The van der Waals surface area contributed by atoms with Crippen LogP contribution >= 0.6 is 11.3 Å². The van der Waals surface area contributed by atoms with E-state index in [0.717, 1.165) is 16.8 Å². The van der Waals surface area contributed by atoms with Gasteiger partial charge in [0.05, 0.1) is 18.5 Å². The second-order valence-corrected chi connectivity index (χ2v) is 8.77. The average molecular weight is 341 g/mol. The minimum atomic E-state index is -3.32. The van der Waals surface area contributed by atoms with Gasteiger partial charge < -0.3 is 4.90 Å². The SMILES string of the molecule is CC(=CC(=O)N1CCc2nc(NS(C)(=O)=O)sc2C1)C1CC1. The first-order valence-electron chi connectivity index (χ1n) is 7.25. The van der Waals surface area contributed by atoms with Crippen LogP contribution in [0.2, 0.25) is 0 Å². The second kappa shape index (κ2) is 5.66. The van der Waals surface area contributed by atoms with Gasteiger partial charge in [-0.2, -0.15) is 0 Å². The van der Waals surface area contributed by atoms with Gasteiger partial charge in [-0.3, -0.25) is 9.52 Å². The molecule has 1 fully saturated rings. The zero-order chi connectivity index (χ0) is 15.9. The van der Waals surface area contributed by atoms with Crippen molar-refractivity contribution in [3.63, 3.8) is 0 Å². The number of rotatable bonds is 4. The summed E-state index contributed by atoms with van der Waals surface area (Å²) < 4.78 is 24.9. The van der Waals surface area contributed by atoms with E-state index < -0.39 is 10.0 Å². The van der Waals surface area contributed by atoms with Crippen LogP contribution in [0.4, 0.5) is 5.13 Å². The number of allylic oxidation sites excluding steroid dienone is 1. The molecule has 0 spiro atoms. The molecular weight excluding hydrogens is 322 g/mol. The number of carbonyl (C=O) groups is 1. The van der Waals surface area contributed by atoms with Gasteiger partial charge >= 0.3 is 0 Å². The van der Waals surface area contributed by atoms with Gasteiger partial charge in [-0.05, 0) is 25.7 Å². The Morgan fingerprint density at radius 2 is 2.18 bits per heavy atom. The minimum Gasteiger partial charge on any atom is -0.334 e. The van der Waals surface area contributed by atoms with Crippen molar-refractivity contribution in [2.24, 2.45) is 5.92 Å². The average Bonchev–Trinajstić information content (AvgIpc) is 3.17. The first kappa shape index (κ1) is 15.5. The molecule has 22 heavy (non-hydrogen) atoms. The maximum absolute atomic E-state index is 12.3. The summed E-state index contributed by atoms with van der Waals surface area (Å²) in [6.45, 7) is 3.15. The highest BCUT2D eigenvalue weighted by molar-refractivity contribution is 7.92. The lowest BCUT2D eigenvalue weighted by Crippen LogP contribution is -2.34. The standard InChI is InChI=1S/C14H19N3O3S2/c1-9(10-3-4-10)7-13(18)17-6-5-11-12(8-17)21-14(15-11)16-22(2,19)20/h7,10H,3-6,8H2,1-2H3,(H,15,16). The first-order chi connectivity index (χ1) is 10.3. The third kappa shape index (κ3) is 3.67. The predicted octanol–water partition coefficient (Wildman–Crippen LogP) is 1.76. The number of aromatic nitrogens is 1. The normalized spacial score (nSPS) is 19.0. The van der Waals surface area contributed by atoms with E-state index in [1.165, 1.54) is 29.8 Å². The highest BCUT2D eigenvalue weighted by Gasteiger charge is 2.27. The van der Waals surface area contributed by atoms with Gasteiger partial charge in [0.1, 0.15) is 0 Å². The number of nitrogens with zero attached hydrogens (tertiary/aromatic N) is 2. The van der Waals surface area contributed by atoms with Crippen LogP contribution in [0.5, 0.6) is 0 Å². The first-order valence-corrected chi connectivity index (χ1v) is 9.96. The van der Waals surface area contributed by atoms with Crippen molar-refractivity contribution in [2.75, 3.05) is 17.5 Å². The number of nitrogens with one attached hydrogen (secondary N) is 1. The van der Waals surface area contributed by atoms with Gasteiger partial charge in [-0.1, -0.05) is 16.9 Å². The van der Waals surface area contributed by atoms with Crippen LogP contribution in [0.25, 0.3) is 0 Å². The summed E-state index contributed by atoms with van der Waals surface area (Å²) in [5.74, 6) is 0.638. The van der Waals surface area contributed by atoms with E-state index in [-0.39, 0.29) is 5.91 Å². The monoisotopic (exact) mass is 341 g/mol. The Balaban J connectivity index is 1.70. The van der Waals surface area contributed by atoms with Crippen LogP contribution in [0.1, 0.15) is 30.3 Å². The molecule has 0 bridgehead atoms. The Labute approximate surface area is 134 Å². The highest BCUT2D eigenvalue weighted by Crippen LogP contribution is 2.36. The van der Waals surface area contributed by atoms with Crippen LogP contribution in [-0.4, -0.2) is 37.0 Å². The summed E-state index contributed by atoms with van der Waals surface area (Å²) in [6, 6.07) is 0. The van der Waals surface area contributed by atoms with E-state index in [4.69, 9.17) is 0 Å². The fourth-order valence-corrected chi connectivity index (χ4v) is 4.39. The van der Waals surface area contributed by atoms with E-state index in [1.807, 2.05) is 6.92 Å². The molecular formula is C14H19N3O3S2. The lowest BCUT2D eigenvalue weighted by molar-refractivity contribution is -0.126. The van der Waals surface area contributed by atoms with E-state index in [2.05, 4.69) is 9.71 Å². The maximum Gasteiger partial charge on any atom is 0.246 e. The molecule has 8 heteroatoms. The summed E-state index contributed by atoms with van der Waals surface area (Å²) in [7, 11) is -3.32. The second-order valence-electron chi connectivity index (χ2n) is 5.94. The zero-order valence-electron chi connectivity index (χ0n) is 12.6. The molecule has 0 saturated heterocycles. The molecule has 3 rings (SSSR count). The molecule has 0 atom stereocenters. The molecule has 1 N–H and O–H groups in total.